The Balaban J connectivity index is 1.82. The van der Waals surface area contributed by atoms with Crippen molar-refractivity contribution in [1.29, 1.82) is 0 Å². The fourth-order valence-electron chi connectivity index (χ4n) is 2.50. The Morgan fingerprint density at radius 2 is 2.11 bits per heavy atom. The van der Waals surface area contributed by atoms with Gasteiger partial charge < -0.3 is 14.3 Å². The van der Waals surface area contributed by atoms with Gasteiger partial charge in [-0.2, -0.15) is 0 Å². The van der Waals surface area contributed by atoms with Crippen molar-refractivity contribution in [1.82, 2.24) is 4.90 Å². The molecule has 0 saturated carbocycles. The van der Waals surface area contributed by atoms with Crippen molar-refractivity contribution in [2.75, 3.05) is 13.2 Å². The minimum Gasteiger partial charge on any atom is -0.480 e. The highest BCUT2D eigenvalue weighted by molar-refractivity contribution is 8.26. The van der Waals surface area contributed by atoms with Crippen LogP contribution in [0.1, 0.15) is 23.0 Å². The Kier molecular flexibility index (Phi) is 5.96. The summed E-state index contributed by atoms with van der Waals surface area (Å²) in [6.45, 7) is 1.54. The average Bonchev–Trinajstić information content (AvgIpc) is 3.22. The fourth-order valence-corrected chi connectivity index (χ4v) is 3.74. The Hall–Kier alpha value is -2.91. The number of esters is 1. The van der Waals surface area contributed by atoms with Gasteiger partial charge in [0.05, 0.1) is 17.1 Å². The molecule has 2 heterocycles. The molecule has 1 aliphatic rings. The van der Waals surface area contributed by atoms with Crippen LogP contribution < -0.4 is 0 Å². The number of thioether (sulfide) groups is 1. The van der Waals surface area contributed by atoms with Crippen LogP contribution in [0.25, 0.3) is 17.4 Å². The van der Waals surface area contributed by atoms with E-state index >= 15 is 0 Å². The third-order valence-corrected chi connectivity index (χ3v) is 5.10. The summed E-state index contributed by atoms with van der Waals surface area (Å²) in [5.74, 6) is -1.11. The molecule has 3 rings (SSSR count). The van der Waals surface area contributed by atoms with Crippen LogP contribution in [-0.2, 0) is 14.3 Å². The van der Waals surface area contributed by atoms with Gasteiger partial charge in [0.2, 0.25) is 0 Å². The number of hydrogen-bond acceptors (Lipinski definition) is 7. The van der Waals surface area contributed by atoms with Crippen LogP contribution >= 0.6 is 24.0 Å². The van der Waals surface area contributed by atoms with Crippen molar-refractivity contribution in [2.45, 2.75) is 6.92 Å². The first kappa shape index (κ1) is 19.8. The molecule has 144 valence electrons. The highest BCUT2D eigenvalue weighted by Gasteiger charge is 2.33. The quantitative estimate of drug-likeness (QED) is 0.434. The largest absolute Gasteiger partial charge is 0.480 e. The Morgan fingerprint density at radius 3 is 2.82 bits per heavy atom. The molecule has 0 unspecified atom stereocenters. The van der Waals surface area contributed by atoms with Crippen LogP contribution in [0.4, 0.5) is 0 Å². The molecule has 1 aromatic carbocycles. The number of ether oxygens (including phenoxy) is 1. The third kappa shape index (κ3) is 4.32. The van der Waals surface area contributed by atoms with Crippen LogP contribution in [0.2, 0.25) is 0 Å². The van der Waals surface area contributed by atoms with E-state index in [1.165, 1.54) is 6.08 Å². The van der Waals surface area contributed by atoms with Crippen molar-refractivity contribution in [3.63, 3.8) is 0 Å². The zero-order valence-corrected chi connectivity index (χ0v) is 16.3. The van der Waals surface area contributed by atoms with Gasteiger partial charge in [0.1, 0.15) is 22.4 Å². The highest BCUT2D eigenvalue weighted by Crippen LogP contribution is 2.33. The molecule has 1 aromatic heterocycles. The summed E-state index contributed by atoms with van der Waals surface area (Å²) in [6.07, 6.45) is 1.51. The highest BCUT2D eigenvalue weighted by atomic mass is 32.2. The molecule has 0 spiro atoms. The molecule has 28 heavy (non-hydrogen) atoms. The molecule has 1 N–H and O–H groups in total. The lowest BCUT2D eigenvalue weighted by Crippen LogP contribution is -2.33. The second kappa shape index (κ2) is 8.41. The normalized spacial score (nSPS) is 15.3. The van der Waals surface area contributed by atoms with Crippen molar-refractivity contribution < 1.29 is 28.6 Å². The summed E-state index contributed by atoms with van der Waals surface area (Å²) in [5, 5.41) is 8.88. The second-order valence-corrected chi connectivity index (χ2v) is 7.34. The first-order valence-corrected chi connectivity index (χ1v) is 9.46. The SMILES string of the molecule is CCOC(=O)c1cccc(-c2ccc(C=C3SC(=S)N(CC(=O)O)C3=O)o2)c1. The number of nitrogens with zero attached hydrogens (tertiary/aromatic N) is 1. The van der Waals surface area contributed by atoms with Gasteiger partial charge in [-0.25, -0.2) is 4.79 Å². The maximum atomic E-state index is 12.3. The number of carbonyl (C=O) groups is 3. The van der Waals surface area contributed by atoms with E-state index in [1.807, 2.05) is 0 Å². The fraction of sp³-hybridized carbons (Fsp3) is 0.158. The number of hydrogen-bond donors (Lipinski definition) is 1. The van der Waals surface area contributed by atoms with Gasteiger partial charge >= 0.3 is 11.9 Å². The zero-order chi connectivity index (χ0) is 20.3. The number of carboxylic acid groups (broad SMARTS) is 1. The van der Waals surface area contributed by atoms with Gasteiger partial charge in [0, 0.05) is 11.6 Å². The molecule has 2 aromatic rings. The lowest BCUT2D eigenvalue weighted by Gasteiger charge is -2.09. The van der Waals surface area contributed by atoms with Crippen molar-refractivity contribution in [3.8, 4) is 11.3 Å². The molecule has 0 bridgehead atoms. The van der Waals surface area contributed by atoms with E-state index in [-0.39, 0.29) is 15.8 Å². The van der Waals surface area contributed by atoms with Gasteiger partial charge in [-0.1, -0.05) is 36.1 Å². The summed E-state index contributed by atoms with van der Waals surface area (Å²) in [7, 11) is 0. The van der Waals surface area contributed by atoms with E-state index in [2.05, 4.69) is 0 Å². The molecule has 0 radical (unpaired) electrons. The maximum Gasteiger partial charge on any atom is 0.338 e. The number of thiocarbonyl (C=S) groups is 1. The van der Waals surface area contributed by atoms with Gasteiger partial charge in [-0.3, -0.25) is 14.5 Å². The summed E-state index contributed by atoms with van der Waals surface area (Å²) in [5.41, 5.74) is 1.09. The van der Waals surface area contributed by atoms with Crippen molar-refractivity contribution in [3.05, 3.63) is 52.6 Å². The molecule has 0 atom stereocenters. The molecule has 1 amide bonds. The number of furan rings is 1. The standard InChI is InChI=1S/C19H15NO6S2/c1-2-25-18(24)12-5-3-4-11(8-12)14-7-6-13(26-14)9-15-17(23)20(10-16(21)22)19(27)28-15/h3-9H,2,10H2,1H3,(H,21,22). The number of aliphatic carboxylic acids is 1. The molecule has 9 heteroatoms. The van der Waals surface area contributed by atoms with Crippen LogP contribution in [0, 0.1) is 0 Å². The summed E-state index contributed by atoms with van der Waals surface area (Å²) in [6, 6.07) is 10.2. The predicted molar refractivity (Wildman–Crippen MR) is 108 cm³/mol. The van der Waals surface area contributed by atoms with Crippen LogP contribution in [0.15, 0.2) is 45.7 Å². The first-order chi connectivity index (χ1) is 13.4. The zero-order valence-electron chi connectivity index (χ0n) is 14.7. The van der Waals surface area contributed by atoms with Crippen LogP contribution in [-0.4, -0.2) is 45.3 Å². The molecule has 1 fully saturated rings. The van der Waals surface area contributed by atoms with Crippen molar-refractivity contribution >= 4 is 52.2 Å². The first-order valence-electron chi connectivity index (χ1n) is 8.23. The van der Waals surface area contributed by atoms with E-state index in [9.17, 15) is 14.4 Å². The van der Waals surface area contributed by atoms with Crippen molar-refractivity contribution in [2.24, 2.45) is 0 Å². The minimum atomic E-state index is -1.14. The van der Waals surface area contributed by atoms with Gasteiger partial charge in [0.25, 0.3) is 5.91 Å². The minimum absolute atomic E-state index is 0.188. The lowest BCUT2D eigenvalue weighted by molar-refractivity contribution is -0.140. The Morgan fingerprint density at radius 1 is 1.32 bits per heavy atom. The third-order valence-electron chi connectivity index (χ3n) is 3.73. The maximum absolute atomic E-state index is 12.3. The topological polar surface area (TPSA) is 97.0 Å². The second-order valence-electron chi connectivity index (χ2n) is 5.66. The average molecular weight is 417 g/mol. The van der Waals surface area contributed by atoms with Crippen LogP contribution in [0.3, 0.4) is 0 Å². The summed E-state index contributed by atoms with van der Waals surface area (Å²) < 4.78 is 10.9. The lowest BCUT2D eigenvalue weighted by atomic mass is 10.1. The predicted octanol–water partition coefficient (Wildman–Crippen LogP) is 3.41. The van der Waals surface area contributed by atoms with Gasteiger partial charge in [-0.15, -0.1) is 0 Å². The molecule has 1 aliphatic heterocycles. The monoisotopic (exact) mass is 417 g/mol. The number of carbonyl (C=O) groups excluding carboxylic acids is 2. The number of benzene rings is 1. The molecule has 0 aliphatic carbocycles. The number of carboxylic acids is 1. The summed E-state index contributed by atoms with van der Waals surface area (Å²) in [4.78, 5) is 36.4. The smallest absolute Gasteiger partial charge is 0.338 e. The van der Waals surface area contributed by atoms with E-state index < -0.39 is 24.4 Å². The van der Waals surface area contributed by atoms with E-state index in [4.69, 9.17) is 26.5 Å². The molecular formula is C19H15NO6S2. The molecule has 7 nitrogen and oxygen atoms in total. The van der Waals surface area contributed by atoms with E-state index in [0.29, 0.717) is 22.6 Å². The van der Waals surface area contributed by atoms with Gasteiger partial charge in [-0.05, 0) is 31.2 Å². The summed E-state index contributed by atoms with van der Waals surface area (Å²) >= 11 is 6.08. The Labute approximate surface area is 170 Å². The van der Waals surface area contributed by atoms with E-state index in [0.717, 1.165) is 16.7 Å². The Bertz CT molecular complexity index is 994. The molecular weight excluding hydrogens is 402 g/mol. The number of amides is 1. The number of rotatable bonds is 6. The van der Waals surface area contributed by atoms with Crippen LogP contribution in [0.5, 0.6) is 0 Å². The van der Waals surface area contributed by atoms with E-state index in [1.54, 1.807) is 43.3 Å². The van der Waals surface area contributed by atoms with Gasteiger partial charge in [0.15, 0.2) is 0 Å². The molecule has 1 saturated heterocycles.